The first kappa shape index (κ1) is 25.4. The fourth-order valence-corrected chi connectivity index (χ4v) is 5.68. The molecule has 1 fully saturated rings. The number of rotatable bonds is 10. The normalized spacial score (nSPS) is 19.2. The van der Waals surface area contributed by atoms with E-state index in [1.165, 1.54) is 60.8 Å². The van der Waals surface area contributed by atoms with Gasteiger partial charge in [-0.15, -0.1) is 0 Å². The van der Waals surface area contributed by atoms with Gasteiger partial charge in [0.1, 0.15) is 5.82 Å². The average molecular weight is 469 g/mol. The van der Waals surface area contributed by atoms with Gasteiger partial charge in [-0.25, -0.2) is 4.39 Å². The lowest BCUT2D eigenvalue weighted by molar-refractivity contribution is 0.310. The van der Waals surface area contributed by atoms with Gasteiger partial charge in [-0.2, -0.15) is 0 Å². The molecule has 0 heterocycles. The summed E-state index contributed by atoms with van der Waals surface area (Å²) < 4.78 is 14.6. The standard InChI is InChI=1S/C34H41F/c1-3-4-6-11-32-22-23-33(25-34(32)35)31-20-18-28(19-21-31)13-12-27-14-16-29(17-15-27)24-26(2)30-9-7-5-8-10-30/h3-5,7-10,14-17,22-23,25-26,28,31H,6,11-13,18-21,24H2,1-2H3/t26-,28?,31?/m1/s1. The molecule has 0 amide bonds. The highest BCUT2D eigenvalue weighted by Gasteiger charge is 2.23. The van der Waals surface area contributed by atoms with E-state index in [0.29, 0.717) is 11.8 Å². The Kier molecular flexibility index (Phi) is 9.35. The van der Waals surface area contributed by atoms with E-state index < -0.39 is 0 Å². The smallest absolute Gasteiger partial charge is 0.126 e. The molecule has 0 aromatic heterocycles. The van der Waals surface area contributed by atoms with Crippen LogP contribution in [0.2, 0.25) is 0 Å². The van der Waals surface area contributed by atoms with Crippen molar-refractivity contribution in [2.24, 2.45) is 5.92 Å². The second kappa shape index (κ2) is 12.9. The third-order valence-electron chi connectivity index (χ3n) is 7.99. The molecule has 0 bridgehead atoms. The van der Waals surface area contributed by atoms with Crippen molar-refractivity contribution in [2.75, 3.05) is 0 Å². The highest BCUT2D eigenvalue weighted by molar-refractivity contribution is 5.29. The summed E-state index contributed by atoms with van der Waals surface area (Å²) in [5.74, 6) is 1.85. The van der Waals surface area contributed by atoms with E-state index in [9.17, 15) is 4.39 Å². The monoisotopic (exact) mass is 468 g/mol. The van der Waals surface area contributed by atoms with Crippen LogP contribution in [0.1, 0.15) is 92.0 Å². The predicted octanol–water partition coefficient (Wildman–Crippen LogP) is 9.59. The van der Waals surface area contributed by atoms with Gasteiger partial charge < -0.3 is 0 Å². The topological polar surface area (TPSA) is 0 Å². The number of benzene rings is 3. The molecule has 1 saturated carbocycles. The summed E-state index contributed by atoms with van der Waals surface area (Å²) >= 11 is 0. The van der Waals surface area contributed by atoms with Crippen LogP contribution in [0.3, 0.4) is 0 Å². The van der Waals surface area contributed by atoms with Gasteiger partial charge in [0.2, 0.25) is 0 Å². The number of hydrogen-bond donors (Lipinski definition) is 0. The molecule has 1 atom stereocenters. The Morgan fingerprint density at radius 1 is 0.857 bits per heavy atom. The summed E-state index contributed by atoms with van der Waals surface area (Å²) in [6.07, 6.45) is 14.3. The summed E-state index contributed by atoms with van der Waals surface area (Å²) in [4.78, 5) is 0. The maximum absolute atomic E-state index is 14.6. The molecule has 1 heteroatoms. The van der Waals surface area contributed by atoms with Crippen LogP contribution in [0.25, 0.3) is 0 Å². The van der Waals surface area contributed by atoms with Crippen molar-refractivity contribution in [1.82, 2.24) is 0 Å². The van der Waals surface area contributed by atoms with E-state index in [1.54, 1.807) is 0 Å². The summed E-state index contributed by atoms with van der Waals surface area (Å²) in [6, 6.07) is 26.1. The number of halogens is 1. The summed E-state index contributed by atoms with van der Waals surface area (Å²) in [5, 5.41) is 0. The molecule has 3 aromatic carbocycles. The molecule has 3 aromatic rings. The minimum atomic E-state index is -0.0178. The Hall–Kier alpha value is -2.67. The zero-order valence-corrected chi connectivity index (χ0v) is 21.6. The quantitative estimate of drug-likeness (QED) is 0.260. The Bertz CT molecular complexity index is 1060. The summed E-state index contributed by atoms with van der Waals surface area (Å²) in [7, 11) is 0. The molecule has 1 aliphatic rings. The van der Waals surface area contributed by atoms with Crippen LogP contribution in [0.15, 0.2) is 84.9 Å². The third kappa shape index (κ3) is 7.40. The summed E-state index contributed by atoms with van der Waals surface area (Å²) in [5.41, 5.74) is 6.34. The van der Waals surface area contributed by atoms with Gasteiger partial charge >= 0.3 is 0 Å². The van der Waals surface area contributed by atoms with Gasteiger partial charge in [0.15, 0.2) is 0 Å². The number of aryl methyl sites for hydroxylation is 2. The van der Waals surface area contributed by atoms with Gasteiger partial charge in [0.05, 0.1) is 0 Å². The van der Waals surface area contributed by atoms with Crippen molar-refractivity contribution in [3.63, 3.8) is 0 Å². The number of allylic oxidation sites excluding steroid dienone is 2. The van der Waals surface area contributed by atoms with Crippen molar-refractivity contribution in [2.45, 2.75) is 83.5 Å². The van der Waals surface area contributed by atoms with Gasteiger partial charge in [0.25, 0.3) is 0 Å². The van der Waals surface area contributed by atoms with Crippen LogP contribution in [-0.2, 0) is 19.3 Å². The first-order valence-electron chi connectivity index (χ1n) is 13.6. The molecule has 0 nitrogen and oxygen atoms in total. The minimum absolute atomic E-state index is 0.0178. The molecule has 1 aliphatic carbocycles. The van der Waals surface area contributed by atoms with Gasteiger partial charge in [0, 0.05) is 0 Å². The van der Waals surface area contributed by atoms with E-state index in [2.05, 4.69) is 73.7 Å². The van der Waals surface area contributed by atoms with Gasteiger partial charge in [-0.1, -0.05) is 85.8 Å². The first-order valence-corrected chi connectivity index (χ1v) is 13.6. The second-order valence-electron chi connectivity index (χ2n) is 10.5. The third-order valence-corrected chi connectivity index (χ3v) is 7.99. The van der Waals surface area contributed by atoms with E-state index in [4.69, 9.17) is 0 Å². The first-order chi connectivity index (χ1) is 17.1. The summed E-state index contributed by atoms with van der Waals surface area (Å²) in [6.45, 7) is 4.33. The SMILES string of the molecule is CC=CCCc1ccc(C2CCC(CCc3ccc(C[C@@H](C)c4ccccc4)cc3)CC2)cc1F. The highest BCUT2D eigenvalue weighted by Crippen LogP contribution is 2.38. The molecular formula is C34H41F. The van der Waals surface area contributed by atoms with Crippen molar-refractivity contribution in [3.8, 4) is 0 Å². The molecule has 0 N–H and O–H groups in total. The lowest BCUT2D eigenvalue weighted by atomic mass is 9.76. The fraction of sp³-hybridized carbons (Fsp3) is 0.412. The van der Waals surface area contributed by atoms with E-state index in [-0.39, 0.29) is 5.82 Å². The molecule has 0 radical (unpaired) electrons. The molecule has 4 rings (SSSR count). The zero-order chi connectivity index (χ0) is 24.5. The second-order valence-corrected chi connectivity index (χ2v) is 10.5. The van der Waals surface area contributed by atoms with Gasteiger partial charge in [-0.3, -0.25) is 0 Å². The van der Waals surface area contributed by atoms with Crippen molar-refractivity contribution in [1.29, 1.82) is 0 Å². The van der Waals surface area contributed by atoms with Crippen molar-refractivity contribution in [3.05, 3.63) is 119 Å². The van der Waals surface area contributed by atoms with Crippen LogP contribution >= 0.6 is 0 Å². The Labute approximate surface area is 212 Å². The molecule has 0 spiro atoms. The van der Waals surface area contributed by atoms with Crippen LogP contribution < -0.4 is 0 Å². The lowest BCUT2D eigenvalue weighted by Crippen LogP contribution is -2.14. The predicted molar refractivity (Wildman–Crippen MR) is 148 cm³/mol. The largest absolute Gasteiger partial charge is 0.207 e. The Morgan fingerprint density at radius 3 is 2.26 bits per heavy atom. The molecular weight excluding hydrogens is 427 g/mol. The highest BCUT2D eigenvalue weighted by atomic mass is 19.1. The zero-order valence-electron chi connectivity index (χ0n) is 21.6. The minimum Gasteiger partial charge on any atom is -0.207 e. The molecule has 0 saturated heterocycles. The van der Waals surface area contributed by atoms with Crippen LogP contribution in [-0.4, -0.2) is 0 Å². The molecule has 0 aliphatic heterocycles. The van der Waals surface area contributed by atoms with Crippen molar-refractivity contribution >= 4 is 0 Å². The lowest BCUT2D eigenvalue weighted by Gasteiger charge is -2.29. The Morgan fingerprint density at radius 2 is 1.57 bits per heavy atom. The Balaban J connectivity index is 1.21. The van der Waals surface area contributed by atoms with Crippen LogP contribution in [0.5, 0.6) is 0 Å². The van der Waals surface area contributed by atoms with E-state index in [0.717, 1.165) is 30.7 Å². The number of hydrogen-bond acceptors (Lipinski definition) is 0. The van der Waals surface area contributed by atoms with Crippen LogP contribution in [0.4, 0.5) is 4.39 Å². The average Bonchev–Trinajstić information content (AvgIpc) is 2.90. The van der Waals surface area contributed by atoms with Crippen molar-refractivity contribution < 1.29 is 4.39 Å². The van der Waals surface area contributed by atoms with E-state index >= 15 is 0 Å². The molecule has 0 unspecified atom stereocenters. The molecule has 184 valence electrons. The van der Waals surface area contributed by atoms with Gasteiger partial charge in [-0.05, 0) is 116 Å². The van der Waals surface area contributed by atoms with Crippen LogP contribution in [0, 0.1) is 11.7 Å². The fourth-order valence-electron chi connectivity index (χ4n) is 5.68. The molecule has 35 heavy (non-hydrogen) atoms. The maximum atomic E-state index is 14.6. The maximum Gasteiger partial charge on any atom is 0.126 e. The van der Waals surface area contributed by atoms with E-state index in [1.807, 2.05) is 25.1 Å².